The summed E-state index contributed by atoms with van der Waals surface area (Å²) < 4.78 is 56.8. The third-order valence-electron chi connectivity index (χ3n) is 5.90. The number of halogens is 2. The lowest BCUT2D eigenvalue weighted by Gasteiger charge is -2.38. The maximum Gasteiger partial charge on any atom is 0.376 e. The lowest BCUT2D eigenvalue weighted by molar-refractivity contribution is -0.0906. The van der Waals surface area contributed by atoms with Crippen LogP contribution < -0.4 is 0 Å². The maximum atomic E-state index is 15.5. The second kappa shape index (κ2) is 11.7. The van der Waals surface area contributed by atoms with Crippen molar-refractivity contribution < 1.29 is 22.3 Å². The first-order valence-electron chi connectivity index (χ1n) is 11.4. The van der Waals surface area contributed by atoms with Gasteiger partial charge in [0.15, 0.2) is 0 Å². The van der Waals surface area contributed by atoms with Crippen molar-refractivity contribution in [2.24, 2.45) is 0 Å². The van der Waals surface area contributed by atoms with Crippen LogP contribution in [0, 0.1) is 0 Å². The van der Waals surface area contributed by atoms with E-state index in [0.717, 1.165) is 29.7 Å². The molecule has 0 spiro atoms. The molecule has 34 heavy (non-hydrogen) atoms. The second-order valence-corrected chi connectivity index (χ2v) is 10.4. The smallest absolute Gasteiger partial charge is 0.376 e. The van der Waals surface area contributed by atoms with E-state index in [1.807, 2.05) is 67.6 Å². The van der Waals surface area contributed by atoms with Gasteiger partial charge in [-0.3, -0.25) is 4.90 Å². The van der Waals surface area contributed by atoms with E-state index in [4.69, 9.17) is 0 Å². The third-order valence-corrected chi connectivity index (χ3v) is 7.75. The highest BCUT2D eigenvalue weighted by atomic mass is 32.2. The number of unbranched alkanes of at least 4 members (excludes halogenated alkanes) is 1. The summed E-state index contributed by atoms with van der Waals surface area (Å²) in [6, 6.07) is 24.3. The number of rotatable bonds is 12. The summed E-state index contributed by atoms with van der Waals surface area (Å²) in [6.45, 7) is 2.52. The Kier molecular flexibility index (Phi) is 8.94. The van der Waals surface area contributed by atoms with E-state index in [2.05, 4.69) is 0 Å². The Hall–Kier alpha value is -2.61. The minimum Gasteiger partial charge on any atom is -0.384 e. The van der Waals surface area contributed by atoms with Crippen LogP contribution in [0.2, 0.25) is 0 Å². The number of alkyl halides is 2. The monoisotopic (exact) mass is 487 g/mol. The summed E-state index contributed by atoms with van der Waals surface area (Å²) in [5.74, 6) is 0. The predicted molar refractivity (Wildman–Crippen MR) is 130 cm³/mol. The zero-order valence-electron chi connectivity index (χ0n) is 19.2. The highest BCUT2D eigenvalue weighted by Gasteiger charge is 2.55. The number of aliphatic hydroxyl groups is 1. The van der Waals surface area contributed by atoms with Crippen LogP contribution in [0.4, 0.5) is 8.78 Å². The largest absolute Gasteiger partial charge is 0.384 e. The van der Waals surface area contributed by atoms with E-state index < -0.39 is 32.1 Å². The van der Waals surface area contributed by atoms with Gasteiger partial charge in [-0.15, -0.1) is 0 Å². The fraction of sp³-hybridized carbons (Fsp3) is 0.333. The molecule has 0 heterocycles. The fourth-order valence-corrected chi connectivity index (χ4v) is 5.32. The van der Waals surface area contributed by atoms with E-state index in [-0.39, 0.29) is 6.42 Å². The highest BCUT2D eigenvalue weighted by molar-refractivity contribution is 7.92. The maximum absolute atomic E-state index is 15.5. The lowest BCUT2D eigenvalue weighted by atomic mass is 10.00. The van der Waals surface area contributed by atoms with Crippen LogP contribution in [0.25, 0.3) is 0 Å². The molecule has 4 nitrogen and oxygen atoms in total. The fourth-order valence-electron chi connectivity index (χ4n) is 4.02. The average molecular weight is 488 g/mol. The van der Waals surface area contributed by atoms with Gasteiger partial charge in [0.1, 0.15) is 6.10 Å². The standard InChI is InChI=1S/C27H31F2NO3S/c1-2-3-19-25(26(31)27(28,29)34(32,33)24-17-11-6-12-18-24)30(20-22-13-7-4-8-14-22)21-23-15-9-5-10-16-23/h4-18,25-26,31H,2-3,19-21H2,1H3/t25-,26-/m1/s1. The Balaban J connectivity index is 2.00. The molecule has 7 heteroatoms. The number of hydrogen-bond acceptors (Lipinski definition) is 4. The van der Waals surface area contributed by atoms with Gasteiger partial charge < -0.3 is 5.11 Å². The molecular formula is C27H31F2NO3S. The molecule has 0 fully saturated rings. The van der Waals surface area contributed by atoms with Crippen LogP contribution in [0.3, 0.4) is 0 Å². The molecule has 3 aromatic rings. The molecule has 1 N–H and O–H groups in total. The number of aliphatic hydroxyl groups excluding tert-OH is 1. The van der Waals surface area contributed by atoms with Crippen LogP contribution in [0.1, 0.15) is 37.3 Å². The molecule has 0 bridgehead atoms. The van der Waals surface area contributed by atoms with Crippen LogP contribution in [-0.2, 0) is 22.9 Å². The van der Waals surface area contributed by atoms with Gasteiger partial charge in [-0.25, -0.2) is 8.42 Å². The van der Waals surface area contributed by atoms with Crippen LogP contribution in [-0.4, -0.2) is 35.8 Å². The van der Waals surface area contributed by atoms with Gasteiger partial charge in [0, 0.05) is 19.1 Å². The summed E-state index contributed by atoms with van der Waals surface area (Å²) in [7, 11) is -5.10. The summed E-state index contributed by atoms with van der Waals surface area (Å²) in [5.41, 5.74) is 1.78. The van der Waals surface area contributed by atoms with E-state index in [9.17, 15) is 13.5 Å². The molecule has 3 aromatic carbocycles. The minimum absolute atomic E-state index is 0.233. The Morgan fingerprint density at radius 1 is 0.824 bits per heavy atom. The molecule has 0 saturated carbocycles. The first-order chi connectivity index (χ1) is 16.3. The molecule has 2 atom stereocenters. The average Bonchev–Trinajstić information content (AvgIpc) is 2.85. The minimum atomic E-state index is -5.10. The molecule has 0 aliphatic carbocycles. The Labute approximate surface area is 200 Å². The van der Waals surface area contributed by atoms with Crippen molar-refractivity contribution in [1.82, 2.24) is 4.90 Å². The molecular weight excluding hydrogens is 456 g/mol. The van der Waals surface area contributed by atoms with Crippen molar-refractivity contribution in [3.63, 3.8) is 0 Å². The van der Waals surface area contributed by atoms with Crippen LogP contribution in [0.15, 0.2) is 95.9 Å². The van der Waals surface area contributed by atoms with Gasteiger partial charge in [0.25, 0.3) is 0 Å². The van der Waals surface area contributed by atoms with Crippen molar-refractivity contribution in [2.45, 2.75) is 61.6 Å². The molecule has 0 radical (unpaired) electrons. The zero-order chi connectivity index (χ0) is 24.6. The summed E-state index contributed by atoms with van der Waals surface area (Å²) in [4.78, 5) is 1.25. The summed E-state index contributed by atoms with van der Waals surface area (Å²) in [6.07, 6.45) is -0.873. The van der Waals surface area contributed by atoms with Gasteiger partial charge in [0.05, 0.1) is 4.90 Å². The molecule has 0 saturated heterocycles. The second-order valence-electron chi connectivity index (χ2n) is 8.41. The topological polar surface area (TPSA) is 57.6 Å². The first kappa shape index (κ1) is 26.0. The molecule has 0 amide bonds. The number of nitrogens with zero attached hydrogens (tertiary/aromatic N) is 1. The lowest BCUT2D eigenvalue weighted by Crippen LogP contribution is -2.54. The predicted octanol–water partition coefficient (Wildman–Crippen LogP) is 5.68. The van der Waals surface area contributed by atoms with Gasteiger partial charge in [0.2, 0.25) is 9.84 Å². The molecule has 182 valence electrons. The van der Waals surface area contributed by atoms with Crippen molar-refractivity contribution in [3.8, 4) is 0 Å². The SMILES string of the molecule is CCCC[C@H]([C@@H](O)C(F)(F)S(=O)(=O)c1ccccc1)N(Cc1ccccc1)Cc1ccccc1. The Morgan fingerprint density at radius 2 is 1.26 bits per heavy atom. The van der Waals surface area contributed by atoms with Gasteiger partial charge >= 0.3 is 5.25 Å². The van der Waals surface area contributed by atoms with Crippen molar-refractivity contribution in [2.75, 3.05) is 0 Å². The van der Waals surface area contributed by atoms with Gasteiger partial charge in [-0.2, -0.15) is 8.78 Å². The van der Waals surface area contributed by atoms with E-state index in [0.29, 0.717) is 19.5 Å². The highest BCUT2D eigenvalue weighted by Crippen LogP contribution is 2.36. The van der Waals surface area contributed by atoms with Gasteiger partial charge in [-0.1, -0.05) is 98.6 Å². The molecule has 0 aliphatic heterocycles. The Morgan fingerprint density at radius 3 is 1.71 bits per heavy atom. The van der Waals surface area contributed by atoms with Crippen LogP contribution >= 0.6 is 0 Å². The van der Waals surface area contributed by atoms with Crippen molar-refractivity contribution in [3.05, 3.63) is 102 Å². The van der Waals surface area contributed by atoms with E-state index in [1.54, 1.807) is 11.0 Å². The quantitative estimate of drug-likeness (QED) is 0.357. The number of sulfone groups is 1. The third kappa shape index (κ3) is 6.09. The number of hydrogen-bond donors (Lipinski definition) is 1. The Bertz CT molecular complexity index is 1070. The molecule has 3 rings (SSSR count). The molecule has 0 unspecified atom stereocenters. The molecule has 0 aromatic heterocycles. The van der Waals surface area contributed by atoms with Crippen molar-refractivity contribution in [1.29, 1.82) is 0 Å². The van der Waals surface area contributed by atoms with Gasteiger partial charge in [-0.05, 0) is 29.7 Å². The van der Waals surface area contributed by atoms with E-state index in [1.165, 1.54) is 12.1 Å². The summed E-state index contributed by atoms with van der Waals surface area (Å²) >= 11 is 0. The first-order valence-corrected chi connectivity index (χ1v) is 12.9. The van der Waals surface area contributed by atoms with Crippen LogP contribution in [0.5, 0.6) is 0 Å². The van der Waals surface area contributed by atoms with Crippen molar-refractivity contribution >= 4 is 9.84 Å². The normalized spacial score (nSPS) is 14.1. The summed E-state index contributed by atoms with van der Waals surface area (Å²) in [5, 5.41) is 6.65. The zero-order valence-corrected chi connectivity index (χ0v) is 20.0. The number of benzene rings is 3. The molecule has 0 aliphatic rings. The van der Waals surface area contributed by atoms with E-state index >= 15 is 8.78 Å².